The molecule has 0 bridgehead atoms. The van der Waals surface area contributed by atoms with Gasteiger partial charge in [-0.3, -0.25) is 9.20 Å². The van der Waals surface area contributed by atoms with Crippen molar-refractivity contribution < 1.29 is 9.53 Å². The number of ether oxygens (including phenoxy) is 1. The molecule has 3 heterocycles. The maximum Gasteiger partial charge on any atom is 0.265 e. The lowest BCUT2D eigenvalue weighted by molar-refractivity contribution is 0.0750. The van der Waals surface area contributed by atoms with E-state index in [1.54, 1.807) is 4.90 Å². The van der Waals surface area contributed by atoms with E-state index in [-0.39, 0.29) is 36.1 Å². The first-order chi connectivity index (χ1) is 13.8. The zero-order chi connectivity index (χ0) is 20.6. The van der Waals surface area contributed by atoms with Crippen molar-refractivity contribution in [1.82, 2.24) is 19.6 Å². The molecule has 6 nitrogen and oxygen atoms in total. The average molecular weight is 487 g/mol. The lowest BCUT2D eigenvalue weighted by Gasteiger charge is -2.26. The van der Waals surface area contributed by atoms with Crippen molar-refractivity contribution in [1.29, 1.82) is 0 Å². The highest BCUT2D eigenvalue weighted by Gasteiger charge is 2.22. The number of hydrogen-bond acceptors (Lipinski definition) is 5. The summed E-state index contributed by atoms with van der Waals surface area (Å²) in [6.45, 7) is 9.70. The van der Waals surface area contributed by atoms with Crippen molar-refractivity contribution in [3.8, 4) is 0 Å². The summed E-state index contributed by atoms with van der Waals surface area (Å²) in [5.74, 6) is 0.0537. The van der Waals surface area contributed by atoms with Crippen LogP contribution in [0.3, 0.4) is 0 Å². The highest BCUT2D eigenvalue weighted by Crippen LogP contribution is 2.26. The third-order valence-electron chi connectivity index (χ3n) is 5.16. The van der Waals surface area contributed by atoms with E-state index in [9.17, 15) is 4.79 Å². The third kappa shape index (κ3) is 6.11. The van der Waals surface area contributed by atoms with Crippen molar-refractivity contribution >= 4 is 58.1 Å². The molecule has 0 unspecified atom stereocenters. The second kappa shape index (κ2) is 10.5. The van der Waals surface area contributed by atoms with Crippen LogP contribution in [-0.2, 0) is 11.3 Å². The van der Waals surface area contributed by atoms with Gasteiger partial charge in [0.25, 0.3) is 5.91 Å². The fourth-order valence-corrected chi connectivity index (χ4v) is 4.91. The molecule has 9 heteroatoms. The van der Waals surface area contributed by atoms with Gasteiger partial charge in [0, 0.05) is 39.5 Å². The number of carbonyl (C=O) groups excluding carboxylic acids is 1. The lowest BCUT2D eigenvalue weighted by Crippen LogP contribution is -2.34. The highest BCUT2D eigenvalue weighted by molar-refractivity contribution is 7.18. The molecule has 1 atom stereocenters. The summed E-state index contributed by atoms with van der Waals surface area (Å²) in [5.41, 5.74) is 3.28. The maximum atomic E-state index is 12.8. The first-order valence-corrected chi connectivity index (χ1v) is 11.1. The molecule has 31 heavy (non-hydrogen) atoms. The normalized spacial score (nSPS) is 16.3. The van der Waals surface area contributed by atoms with Crippen LogP contribution >= 0.6 is 36.2 Å². The molecule has 1 saturated heterocycles. The monoisotopic (exact) mass is 486 g/mol. The number of thiazole rings is 1. The van der Waals surface area contributed by atoms with Crippen molar-refractivity contribution in [3.05, 3.63) is 34.8 Å². The molecule has 4 rings (SSSR count). The van der Waals surface area contributed by atoms with Gasteiger partial charge in [0.15, 0.2) is 4.96 Å². The Morgan fingerprint density at radius 2 is 2.13 bits per heavy atom. The second-order valence-corrected chi connectivity index (χ2v) is 10.2. The molecule has 1 aliphatic rings. The number of nitrogens with one attached hydrogen (secondary N) is 1. The molecule has 3 aromatic rings. The predicted molar refractivity (Wildman–Crippen MR) is 132 cm³/mol. The molecule has 0 spiro atoms. The molecule has 1 aliphatic heterocycles. The number of amides is 1. The molecule has 1 aromatic carbocycles. The summed E-state index contributed by atoms with van der Waals surface area (Å²) in [5, 5.41) is 3.50. The minimum Gasteiger partial charge on any atom is -0.377 e. The van der Waals surface area contributed by atoms with Gasteiger partial charge in [-0.25, -0.2) is 4.98 Å². The van der Waals surface area contributed by atoms with E-state index in [0.29, 0.717) is 12.6 Å². The lowest BCUT2D eigenvalue weighted by atomic mass is 9.96. The Bertz CT molecular complexity index is 1020. The summed E-state index contributed by atoms with van der Waals surface area (Å²) in [4.78, 5) is 20.9. The molecular formula is C22H32Cl2N4O2S. The molecule has 1 N–H and O–H groups in total. The minimum atomic E-state index is 0. The van der Waals surface area contributed by atoms with Gasteiger partial charge in [-0.1, -0.05) is 38.2 Å². The fraction of sp³-hybridized carbons (Fsp3) is 0.545. The number of rotatable bonds is 6. The number of imidazole rings is 1. The molecule has 2 aromatic heterocycles. The van der Waals surface area contributed by atoms with E-state index >= 15 is 0 Å². The van der Waals surface area contributed by atoms with Crippen LogP contribution in [0.25, 0.3) is 16.0 Å². The Balaban J connectivity index is 0.00000171. The Morgan fingerprint density at radius 3 is 2.81 bits per heavy atom. The Hall–Kier alpha value is -1.38. The maximum absolute atomic E-state index is 12.8. The van der Waals surface area contributed by atoms with E-state index in [0.717, 1.165) is 53.4 Å². The smallest absolute Gasteiger partial charge is 0.265 e. The number of benzene rings is 1. The SMILES string of the molecule is CN(CC(C)(C)C)C(=O)c1cn2c(nc3ccc(CNC[C@H]4CCCO4)cc32)s1.Cl.Cl. The zero-order valence-corrected chi connectivity index (χ0v) is 21.0. The van der Waals surface area contributed by atoms with Crippen LogP contribution in [0, 0.1) is 5.41 Å². The summed E-state index contributed by atoms with van der Waals surface area (Å²) >= 11 is 1.45. The highest BCUT2D eigenvalue weighted by atomic mass is 35.5. The fourth-order valence-electron chi connectivity index (χ4n) is 3.92. The molecule has 0 radical (unpaired) electrons. The molecule has 172 valence electrons. The van der Waals surface area contributed by atoms with E-state index in [1.807, 2.05) is 17.6 Å². The van der Waals surface area contributed by atoms with Crippen LogP contribution in [0.4, 0.5) is 0 Å². The van der Waals surface area contributed by atoms with Crippen LogP contribution in [0.5, 0.6) is 0 Å². The molecule has 0 saturated carbocycles. The van der Waals surface area contributed by atoms with E-state index in [2.05, 4.69) is 44.3 Å². The Kier molecular flexibility index (Phi) is 8.76. The van der Waals surface area contributed by atoms with Crippen molar-refractivity contribution in [2.45, 2.75) is 46.3 Å². The Morgan fingerprint density at radius 1 is 1.35 bits per heavy atom. The van der Waals surface area contributed by atoms with Crippen molar-refractivity contribution in [3.63, 3.8) is 0 Å². The molecular weight excluding hydrogens is 455 g/mol. The minimum absolute atomic E-state index is 0. The van der Waals surface area contributed by atoms with Gasteiger partial charge < -0.3 is 15.0 Å². The first-order valence-electron chi connectivity index (χ1n) is 10.3. The van der Waals surface area contributed by atoms with Gasteiger partial charge in [0.1, 0.15) is 4.88 Å². The van der Waals surface area contributed by atoms with Crippen molar-refractivity contribution in [2.75, 3.05) is 26.7 Å². The molecule has 1 amide bonds. The number of fused-ring (bicyclic) bond motifs is 3. The predicted octanol–water partition coefficient (Wildman–Crippen LogP) is 4.78. The van der Waals surface area contributed by atoms with Gasteiger partial charge in [0.2, 0.25) is 0 Å². The van der Waals surface area contributed by atoms with E-state index in [1.165, 1.54) is 16.9 Å². The summed E-state index contributed by atoms with van der Waals surface area (Å²) in [7, 11) is 1.87. The topological polar surface area (TPSA) is 58.9 Å². The van der Waals surface area contributed by atoms with E-state index in [4.69, 9.17) is 9.72 Å². The van der Waals surface area contributed by atoms with Crippen LogP contribution in [0.1, 0.15) is 48.8 Å². The van der Waals surface area contributed by atoms with Crippen LogP contribution < -0.4 is 5.32 Å². The second-order valence-electron chi connectivity index (χ2n) is 9.17. The quantitative estimate of drug-likeness (QED) is 0.544. The summed E-state index contributed by atoms with van der Waals surface area (Å²) < 4.78 is 7.71. The van der Waals surface area contributed by atoms with Gasteiger partial charge in [-0.2, -0.15) is 0 Å². The first kappa shape index (κ1) is 25.9. The van der Waals surface area contributed by atoms with Gasteiger partial charge in [0.05, 0.1) is 17.1 Å². The van der Waals surface area contributed by atoms with E-state index < -0.39 is 0 Å². The largest absolute Gasteiger partial charge is 0.377 e. The summed E-state index contributed by atoms with van der Waals surface area (Å²) in [6.07, 6.45) is 4.58. The van der Waals surface area contributed by atoms with Crippen molar-refractivity contribution in [2.24, 2.45) is 5.41 Å². The number of aromatic nitrogens is 2. The van der Waals surface area contributed by atoms with Crippen LogP contribution in [-0.4, -0.2) is 53.0 Å². The number of carbonyl (C=O) groups is 1. The Labute approximate surface area is 200 Å². The third-order valence-corrected chi connectivity index (χ3v) is 6.13. The number of nitrogens with zero attached hydrogens (tertiary/aromatic N) is 3. The summed E-state index contributed by atoms with van der Waals surface area (Å²) in [6, 6.07) is 6.34. The standard InChI is InChI=1S/C22H30N4O2S.2ClH/c1-22(2,3)14-25(4)20(27)19-13-26-18-10-15(7-8-17(18)24-21(26)29-19)11-23-12-16-6-5-9-28-16;;/h7-8,10,13,16,23H,5-6,9,11-12,14H2,1-4H3;2*1H/t16-;;/m1../s1. The zero-order valence-electron chi connectivity index (χ0n) is 18.5. The molecule has 0 aliphatic carbocycles. The van der Waals surface area contributed by atoms with Crippen LogP contribution in [0.2, 0.25) is 0 Å². The average Bonchev–Trinajstić information content (AvgIpc) is 3.35. The van der Waals surface area contributed by atoms with Crippen LogP contribution in [0.15, 0.2) is 24.4 Å². The number of halogens is 2. The van der Waals surface area contributed by atoms with Gasteiger partial charge in [-0.05, 0) is 36.0 Å². The van der Waals surface area contributed by atoms with Gasteiger partial charge >= 0.3 is 0 Å². The van der Waals surface area contributed by atoms with Gasteiger partial charge in [-0.15, -0.1) is 24.8 Å². The number of hydrogen-bond donors (Lipinski definition) is 1. The molecule has 1 fully saturated rings.